The first-order valence-corrected chi connectivity index (χ1v) is 8.28. The lowest BCUT2D eigenvalue weighted by molar-refractivity contribution is 0.0985. The third kappa shape index (κ3) is 3.96. The number of nitrogens with zero attached hydrogens (tertiary/aromatic N) is 2. The number of carbonyl (C=O) groups is 1. The second-order valence-corrected chi connectivity index (χ2v) is 5.74. The van der Waals surface area contributed by atoms with Crippen LogP contribution in [0.4, 0.5) is 8.78 Å². The minimum Gasteiger partial charge on any atom is -0.494 e. The highest BCUT2D eigenvalue weighted by Gasteiger charge is 2.16. The highest BCUT2D eigenvalue weighted by molar-refractivity contribution is 5.95. The largest absolute Gasteiger partial charge is 0.494 e. The standard InChI is InChI=1S/C20H18F2N2O2/c1-2-26-20-9-4-3-6-14(20)13-24-11-10-18(23-24)19(25)12-15-16(21)7-5-8-17(15)22/h3-11H,2,12-13H2,1H3. The second-order valence-electron chi connectivity index (χ2n) is 5.74. The van der Waals surface area contributed by atoms with Gasteiger partial charge in [-0.2, -0.15) is 5.10 Å². The predicted octanol–water partition coefficient (Wildman–Crippen LogP) is 4.03. The topological polar surface area (TPSA) is 44.1 Å². The van der Waals surface area contributed by atoms with E-state index in [4.69, 9.17) is 4.74 Å². The summed E-state index contributed by atoms with van der Waals surface area (Å²) in [6.45, 7) is 2.88. The molecule has 26 heavy (non-hydrogen) atoms. The molecule has 4 nitrogen and oxygen atoms in total. The molecule has 0 saturated carbocycles. The minimum absolute atomic E-state index is 0.168. The molecule has 0 spiro atoms. The monoisotopic (exact) mass is 356 g/mol. The molecular formula is C20H18F2N2O2. The number of rotatable bonds is 7. The van der Waals surface area contributed by atoms with Crippen LogP contribution in [0.25, 0.3) is 0 Å². The van der Waals surface area contributed by atoms with Gasteiger partial charge in [-0.3, -0.25) is 9.48 Å². The number of Topliss-reactive ketones (excluding diaryl/α,β-unsaturated/α-hetero) is 1. The molecule has 0 bridgehead atoms. The van der Waals surface area contributed by atoms with Gasteiger partial charge in [-0.15, -0.1) is 0 Å². The first-order valence-electron chi connectivity index (χ1n) is 8.28. The van der Waals surface area contributed by atoms with E-state index >= 15 is 0 Å². The Morgan fingerprint density at radius 1 is 1.08 bits per heavy atom. The molecule has 134 valence electrons. The first kappa shape index (κ1) is 17.8. The zero-order chi connectivity index (χ0) is 18.5. The Labute approximate surface area is 150 Å². The van der Waals surface area contributed by atoms with Gasteiger partial charge in [0, 0.05) is 23.7 Å². The molecule has 0 radical (unpaired) electrons. The second kappa shape index (κ2) is 7.91. The predicted molar refractivity (Wildman–Crippen MR) is 93.3 cm³/mol. The van der Waals surface area contributed by atoms with Gasteiger partial charge in [0.05, 0.1) is 13.2 Å². The van der Waals surface area contributed by atoms with Crippen LogP contribution in [0, 0.1) is 11.6 Å². The number of para-hydroxylation sites is 1. The summed E-state index contributed by atoms with van der Waals surface area (Å²) < 4.78 is 34.6. The van der Waals surface area contributed by atoms with E-state index in [1.807, 2.05) is 31.2 Å². The summed E-state index contributed by atoms with van der Waals surface area (Å²) in [6.07, 6.45) is 1.29. The lowest BCUT2D eigenvalue weighted by Gasteiger charge is -2.09. The Bertz CT molecular complexity index is 901. The van der Waals surface area contributed by atoms with Crippen molar-refractivity contribution in [2.45, 2.75) is 19.9 Å². The lowest BCUT2D eigenvalue weighted by Crippen LogP contribution is -2.10. The Morgan fingerprint density at radius 3 is 2.54 bits per heavy atom. The average Bonchev–Trinajstić information content (AvgIpc) is 3.09. The maximum Gasteiger partial charge on any atom is 0.187 e. The van der Waals surface area contributed by atoms with E-state index in [2.05, 4.69) is 5.10 Å². The van der Waals surface area contributed by atoms with Crippen molar-refractivity contribution < 1.29 is 18.3 Å². The van der Waals surface area contributed by atoms with Gasteiger partial charge < -0.3 is 4.74 Å². The third-order valence-corrected chi connectivity index (χ3v) is 3.93. The van der Waals surface area contributed by atoms with E-state index in [0.717, 1.165) is 23.4 Å². The van der Waals surface area contributed by atoms with Crippen molar-refractivity contribution >= 4 is 5.78 Å². The van der Waals surface area contributed by atoms with Crippen molar-refractivity contribution in [2.24, 2.45) is 0 Å². The summed E-state index contributed by atoms with van der Waals surface area (Å²) in [4.78, 5) is 12.3. The molecule has 0 N–H and O–H groups in total. The Balaban J connectivity index is 1.75. The molecular weight excluding hydrogens is 338 g/mol. The molecule has 1 aromatic heterocycles. The third-order valence-electron chi connectivity index (χ3n) is 3.93. The van der Waals surface area contributed by atoms with E-state index in [9.17, 15) is 13.6 Å². The normalized spacial score (nSPS) is 10.7. The van der Waals surface area contributed by atoms with Gasteiger partial charge in [0.25, 0.3) is 0 Å². The van der Waals surface area contributed by atoms with Crippen LogP contribution in [0.1, 0.15) is 28.5 Å². The van der Waals surface area contributed by atoms with Crippen LogP contribution in [-0.2, 0) is 13.0 Å². The molecule has 2 aromatic carbocycles. The maximum atomic E-state index is 13.7. The number of carbonyl (C=O) groups excluding carboxylic acids is 1. The Morgan fingerprint density at radius 2 is 1.81 bits per heavy atom. The van der Waals surface area contributed by atoms with Gasteiger partial charge in [-0.1, -0.05) is 24.3 Å². The lowest BCUT2D eigenvalue weighted by atomic mass is 10.1. The molecule has 0 saturated heterocycles. The van der Waals surface area contributed by atoms with Crippen molar-refractivity contribution in [3.05, 3.63) is 83.2 Å². The molecule has 0 aliphatic rings. The summed E-state index contributed by atoms with van der Waals surface area (Å²) in [7, 11) is 0. The van der Waals surface area contributed by atoms with Crippen LogP contribution in [-0.4, -0.2) is 22.2 Å². The van der Waals surface area contributed by atoms with Crippen LogP contribution >= 0.6 is 0 Å². The Hall–Kier alpha value is -3.02. The van der Waals surface area contributed by atoms with E-state index in [-0.39, 0.29) is 17.7 Å². The highest BCUT2D eigenvalue weighted by Crippen LogP contribution is 2.19. The number of hydrogen-bond donors (Lipinski definition) is 0. The van der Waals surface area contributed by atoms with Crippen LogP contribution in [0.2, 0.25) is 0 Å². The van der Waals surface area contributed by atoms with E-state index < -0.39 is 17.4 Å². The maximum absolute atomic E-state index is 13.7. The molecule has 0 unspecified atom stereocenters. The summed E-state index contributed by atoms with van der Waals surface area (Å²) in [5.74, 6) is -1.15. The molecule has 3 aromatic rings. The van der Waals surface area contributed by atoms with Gasteiger partial charge in [-0.25, -0.2) is 8.78 Å². The number of ether oxygens (including phenoxy) is 1. The van der Waals surface area contributed by atoms with Gasteiger partial charge in [0.15, 0.2) is 5.78 Å². The number of ketones is 1. The number of halogens is 2. The van der Waals surface area contributed by atoms with Crippen molar-refractivity contribution in [2.75, 3.05) is 6.61 Å². The molecule has 1 heterocycles. The van der Waals surface area contributed by atoms with E-state index in [1.54, 1.807) is 16.9 Å². The van der Waals surface area contributed by atoms with Crippen LogP contribution in [0.3, 0.4) is 0 Å². The number of benzene rings is 2. The molecule has 0 amide bonds. The quantitative estimate of drug-likeness (QED) is 0.600. The fraction of sp³-hybridized carbons (Fsp3) is 0.200. The Kier molecular flexibility index (Phi) is 5.41. The summed E-state index contributed by atoms with van der Waals surface area (Å²) in [5.41, 5.74) is 0.854. The van der Waals surface area contributed by atoms with Crippen molar-refractivity contribution in [3.8, 4) is 5.75 Å². The van der Waals surface area contributed by atoms with Crippen LogP contribution in [0.15, 0.2) is 54.7 Å². The van der Waals surface area contributed by atoms with E-state index in [1.165, 1.54) is 6.07 Å². The van der Waals surface area contributed by atoms with Gasteiger partial charge in [0.1, 0.15) is 23.1 Å². The van der Waals surface area contributed by atoms with Crippen molar-refractivity contribution in [3.63, 3.8) is 0 Å². The van der Waals surface area contributed by atoms with Gasteiger partial charge >= 0.3 is 0 Å². The summed E-state index contributed by atoms with van der Waals surface area (Å²) in [5, 5.41) is 4.23. The molecule has 0 aliphatic heterocycles. The molecule has 0 aliphatic carbocycles. The molecule has 6 heteroatoms. The first-order chi connectivity index (χ1) is 12.6. The van der Waals surface area contributed by atoms with Crippen molar-refractivity contribution in [1.82, 2.24) is 9.78 Å². The van der Waals surface area contributed by atoms with Crippen LogP contribution < -0.4 is 4.74 Å². The van der Waals surface area contributed by atoms with E-state index in [0.29, 0.717) is 13.2 Å². The highest BCUT2D eigenvalue weighted by atomic mass is 19.1. The molecule has 0 atom stereocenters. The number of hydrogen-bond acceptors (Lipinski definition) is 3. The summed E-state index contributed by atoms with van der Waals surface area (Å²) in [6, 6.07) is 12.7. The average molecular weight is 356 g/mol. The SMILES string of the molecule is CCOc1ccccc1Cn1ccc(C(=O)Cc2c(F)cccc2F)n1. The summed E-state index contributed by atoms with van der Waals surface area (Å²) >= 11 is 0. The van der Waals surface area contributed by atoms with Gasteiger partial charge in [-0.05, 0) is 31.2 Å². The minimum atomic E-state index is -0.733. The zero-order valence-electron chi connectivity index (χ0n) is 14.3. The zero-order valence-corrected chi connectivity index (χ0v) is 14.3. The smallest absolute Gasteiger partial charge is 0.187 e. The fourth-order valence-electron chi connectivity index (χ4n) is 2.66. The number of aromatic nitrogens is 2. The molecule has 3 rings (SSSR count). The fourth-order valence-corrected chi connectivity index (χ4v) is 2.66. The molecule has 0 fully saturated rings. The van der Waals surface area contributed by atoms with Crippen LogP contribution in [0.5, 0.6) is 5.75 Å². The van der Waals surface area contributed by atoms with Gasteiger partial charge in [0.2, 0.25) is 0 Å². The van der Waals surface area contributed by atoms with Crippen molar-refractivity contribution in [1.29, 1.82) is 0 Å².